The molecule has 4 nitrogen and oxygen atoms in total. The Morgan fingerprint density at radius 3 is 2.65 bits per heavy atom. The maximum atomic E-state index is 13.0. The van der Waals surface area contributed by atoms with E-state index in [0.29, 0.717) is 19.5 Å². The average Bonchev–Trinajstić information content (AvgIpc) is 2.98. The van der Waals surface area contributed by atoms with Gasteiger partial charge < -0.3 is 9.47 Å². The smallest absolute Gasteiger partial charge is 0.228 e. The van der Waals surface area contributed by atoms with Gasteiger partial charge in [-0.05, 0) is 43.3 Å². The number of hydrogen-bond donors (Lipinski definition) is 0. The number of carbonyl (C=O) groups excluding carboxylic acids is 1. The summed E-state index contributed by atoms with van der Waals surface area (Å²) in [5.41, 5.74) is 2.66. The van der Waals surface area contributed by atoms with Gasteiger partial charge in [-0.25, -0.2) is 9.37 Å². The van der Waals surface area contributed by atoms with Crippen LogP contribution in [0.1, 0.15) is 13.3 Å². The fourth-order valence-corrected chi connectivity index (χ4v) is 2.66. The number of para-hydroxylation sites is 2. The number of aromatic nitrogens is 2. The molecule has 0 N–H and O–H groups in total. The summed E-state index contributed by atoms with van der Waals surface area (Å²) in [6, 6.07) is 13.8. The number of hydrogen-bond acceptors (Lipinski definition) is 2. The summed E-state index contributed by atoms with van der Waals surface area (Å²) < 4.78 is 15.0. The SMILES string of the molecule is CCN(C(=O)CCn1cnc2ccccc21)c1ccc(F)cc1. The van der Waals surface area contributed by atoms with Crippen LogP contribution in [0.4, 0.5) is 10.1 Å². The van der Waals surface area contributed by atoms with Crippen molar-refractivity contribution in [2.24, 2.45) is 0 Å². The third kappa shape index (κ3) is 3.23. The predicted molar refractivity (Wildman–Crippen MR) is 88.8 cm³/mol. The van der Waals surface area contributed by atoms with Crippen LogP contribution in [0.5, 0.6) is 0 Å². The van der Waals surface area contributed by atoms with Crippen LogP contribution in [0.3, 0.4) is 0 Å². The van der Waals surface area contributed by atoms with Crippen molar-refractivity contribution in [2.45, 2.75) is 19.9 Å². The third-order valence-corrected chi connectivity index (χ3v) is 3.85. The fraction of sp³-hybridized carbons (Fsp3) is 0.222. The Morgan fingerprint density at radius 1 is 1.17 bits per heavy atom. The van der Waals surface area contributed by atoms with Crippen LogP contribution in [-0.2, 0) is 11.3 Å². The lowest BCUT2D eigenvalue weighted by molar-refractivity contribution is -0.118. The van der Waals surface area contributed by atoms with Crippen molar-refractivity contribution in [2.75, 3.05) is 11.4 Å². The molecule has 0 saturated heterocycles. The lowest BCUT2D eigenvalue weighted by Crippen LogP contribution is -2.31. The molecule has 1 aromatic heterocycles. The van der Waals surface area contributed by atoms with E-state index in [9.17, 15) is 9.18 Å². The van der Waals surface area contributed by atoms with E-state index in [-0.39, 0.29) is 11.7 Å². The normalized spacial score (nSPS) is 10.9. The number of benzene rings is 2. The molecule has 3 rings (SSSR count). The van der Waals surface area contributed by atoms with Crippen LogP contribution in [0.2, 0.25) is 0 Å². The quantitative estimate of drug-likeness (QED) is 0.722. The van der Waals surface area contributed by atoms with Gasteiger partial charge in [0.15, 0.2) is 0 Å². The summed E-state index contributed by atoms with van der Waals surface area (Å²) in [6.07, 6.45) is 2.12. The van der Waals surface area contributed by atoms with Crippen LogP contribution < -0.4 is 4.90 Å². The molecule has 1 amide bonds. The van der Waals surface area contributed by atoms with Crippen LogP contribution in [0, 0.1) is 5.82 Å². The summed E-state index contributed by atoms with van der Waals surface area (Å²) in [5, 5.41) is 0. The minimum absolute atomic E-state index is 0.0110. The van der Waals surface area contributed by atoms with E-state index in [4.69, 9.17) is 0 Å². The van der Waals surface area contributed by atoms with Gasteiger partial charge in [-0.1, -0.05) is 12.1 Å². The second-order valence-corrected chi connectivity index (χ2v) is 5.29. The molecule has 118 valence electrons. The van der Waals surface area contributed by atoms with Gasteiger partial charge in [0.25, 0.3) is 0 Å². The zero-order valence-electron chi connectivity index (χ0n) is 12.9. The molecule has 0 bridgehead atoms. The fourth-order valence-electron chi connectivity index (χ4n) is 2.66. The lowest BCUT2D eigenvalue weighted by Gasteiger charge is -2.21. The van der Waals surface area contributed by atoms with Crippen molar-refractivity contribution < 1.29 is 9.18 Å². The number of rotatable bonds is 5. The summed E-state index contributed by atoms with van der Waals surface area (Å²) in [7, 11) is 0. The first kappa shape index (κ1) is 15.2. The van der Waals surface area contributed by atoms with Gasteiger partial charge in [-0.3, -0.25) is 4.79 Å². The van der Waals surface area contributed by atoms with Crippen LogP contribution in [0.25, 0.3) is 11.0 Å². The third-order valence-electron chi connectivity index (χ3n) is 3.85. The Labute approximate surface area is 134 Å². The van der Waals surface area contributed by atoms with E-state index in [2.05, 4.69) is 4.98 Å². The number of anilines is 1. The highest BCUT2D eigenvalue weighted by atomic mass is 19.1. The Hall–Kier alpha value is -2.69. The standard InChI is InChI=1S/C18H18FN3O/c1-2-22(15-9-7-14(19)8-10-15)18(23)11-12-21-13-20-16-5-3-4-6-17(16)21/h3-10,13H,2,11-12H2,1H3. The van der Waals surface area contributed by atoms with Gasteiger partial charge >= 0.3 is 0 Å². The molecule has 0 aliphatic carbocycles. The molecule has 0 aliphatic heterocycles. The number of nitrogens with zero attached hydrogens (tertiary/aromatic N) is 3. The largest absolute Gasteiger partial charge is 0.330 e. The summed E-state index contributed by atoms with van der Waals surface area (Å²) in [4.78, 5) is 18.5. The highest BCUT2D eigenvalue weighted by molar-refractivity contribution is 5.93. The van der Waals surface area contributed by atoms with E-state index in [1.807, 2.05) is 35.8 Å². The van der Waals surface area contributed by atoms with Crippen molar-refractivity contribution >= 4 is 22.6 Å². The highest BCUT2D eigenvalue weighted by Gasteiger charge is 2.14. The lowest BCUT2D eigenvalue weighted by atomic mass is 10.2. The molecule has 0 aliphatic rings. The number of carbonyl (C=O) groups is 1. The first-order valence-corrected chi connectivity index (χ1v) is 7.65. The zero-order chi connectivity index (χ0) is 16.2. The van der Waals surface area contributed by atoms with Crippen molar-refractivity contribution in [3.63, 3.8) is 0 Å². The van der Waals surface area contributed by atoms with Crippen molar-refractivity contribution in [1.29, 1.82) is 0 Å². The number of amides is 1. The predicted octanol–water partition coefficient (Wildman–Crippen LogP) is 3.62. The van der Waals surface area contributed by atoms with Crippen LogP contribution in [-0.4, -0.2) is 22.0 Å². The van der Waals surface area contributed by atoms with Gasteiger partial charge in [0.1, 0.15) is 5.82 Å². The molecular formula is C18H18FN3O. The molecule has 0 radical (unpaired) electrons. The van der Waals surface area contributed by atoms with Gasteiger partial charge in [0.05, 0.1) is 17.4 Å². The summed E-state index contributed by atoms with van der Waals surface area (Å²) in [5.74, 6) is -0.293. The summed E-state index contributed by atoms with van der Waals surface area (Å²) in [6.45, 7) is 3.03. The molecule has 23 heavy (non-hydrogen) atoms. The van der Waals surface area contributed by atoms with E-state index >= 15 is 0 Å². The zero-order valence-corrected chi connectivity index (χ0v) is 12.9. The number of halogens is 1. The Kier molecular flexibility index (Phi) is 4.37. The van der Waals surface area contributed by atoms with Gasteiger partial charge in [-0.2, -0.15) is 0 Å². The average molecular weight is 311 g/mol. The molecule has 0 spiro atoms. The molecule has 0 unspecified atom stereocenters. The van der Waals surface area contributed by atoms with E-state index in [1.165, 1.54) is 12.1 Å². The van der Waals surface area contributed by atoms with Gasteiger partial charge in [0.2, 0.25) is 5.91 Å². The van der Waals surface area contributed by atoms with Crippen LogP contribution in [0.15, 0.2) is 54.9 Å². The Balaban J connectivity index is 1.71. The van der Waals surface area contributed by atoms with Crippen molar-refractivity contribution in [1.82, 2.24) is 9.55 Å². The molecular weight excluding hydrogens is 293 g/mol. The molecule has 3 aromatic rings. The maximum absolute atomic E-state index is 13.0. The van der Waals surface area contributed by atoms with E-state index in [0.717, 1.165) is 16.7 Å². The molecule has 5 heteroatoms. The van der Waals surface area contributed by atoms with E-state index in [1.54, 1.807) is 23.4 Å². The highest BCUT2D eigenvalue weighted by Crippen LogP contribution is 2.17. The monoisotopic (exact) mass is 311 g/mol. The Bertz CT molecular complexity index is 811. The molecule has 0 atom stereocenters. The maximum Gasteiger partial charge on any atom is 0.228 e. The molecule has 0 fully saturated rings. The first-order chi connectivity index (χ1) is 11.2. The minimum Gasteiger partial charge on any atom is -0.330 e. The molecule has 1 heterocycles. The van der Waals surface area contributed by atoms with Crippen molar-refractivity contribution in [3.05, 3.63) is 60.7 Å². The second kappa shape index (κ2) is 6.60. The first-order valence-electron chi connectivity index (χ1n) is 7.65. The molecule has 0 saturated carbocycles. The number of fused-ring (bicyclic) bond motifs is 1. The van der Waals surface area contributed by atoms with Gasteiger partial charge in [0, 0.05) is 25.2 Å². The summed E-state index contributed by atoms with van der Waals surface area (Å²) >= 11 is 0. The van der Waals surface area contributed by atoms with E-state index < -0.39 is 0 Å². The van der Waals surface area contributed by atoms with Crippen LogP contribution >= 0.6 is 0 Å². The second-order valence-electron chi connectivity index (χ2n) is 5.29. The Morgan fingerprint density at radius 2 is 1.91 bits per heavy atom. The number of imidazole rings is 1. The van der Waals surface area contributed by atoms with Gasteiger partial charge in [-0.15, -0.1) is 0 Å². The molecule has 2 aromatic carbocycles. The number of aryl methyl sites for hydroxylation is 1. The van der Waals surface area contributed by atoms with Crippen molar-refractivity contribution in [3.8, 4) is 0 Å². The minimum atomic E-state index is -0.304. The topological polar surface area (TPSA) is 38.1 Å².